The Labute approximate surface area is 178 Å². The quantitative estimate of drug-likeness (QED) is 0.345. The Balaban J connectivity index is 1.44. The fraction of sp³-hybridized carbons (Fsp3) is 0.211. The number of anilines is 1. The van der Waals surface area contributed by atoms with Crippen molar-refractivity contribution in [3.05, 3.63) is 46.0 Å². The number of rotatable bonds is 6. The number of carbonyl (C=O) groups excluding carboxylic acids is 2. The number of methoxy groups -OCH3 is 1. The second-order valence-electron chi connectivity index (χ2n) is 6.25. The van der Waals surface area contributed by atoms with Crippen molar-refractivity contribution in [1.29, 1.82) is 0 Å². The SMILES string of the molecule is COC(=O)c1ccc(OCC(=O)Nc2nc3cc4c(cc3s2)OCCO4)c([N+](=O)[O-])c1. The van der Waals surface area contributed by atoms with Crippen LogP contribution in [0.4, 0.5) is 10.8 Å². The van der Waals surface area contributed by atoms with Gasteiger partial charge in [0.05, 0.1) is 27.8 Å². The van der Waals surface area contributed by atoms with Crippen LogP contribution in [-0.2, 0) is 9.53 Å². The first-order chi connectivity index (χ1) is 14.9. The van der Waals surface area contributed by atoms with Crippen molar-refractivity contribution >= 4 is 44.2 Å². The van der Waals surface area contributed by atoms with Crippen molar-refractivity contribution < 1.29 is 33.5 Å². The Hall–Kier alpha value is -3.93. The lowest BCUT2D eigenvalue weighted by molar-refractivity contribution is -0.385. The number of nitrogens with one attached hydrogen (secondary N) is 1. The molecule has 0 fully saturated rings. The van der Waals surface area contributed by atoms with E-state index in [0.717, 1.165) is 10.8 Å². The fourth-order valence-electron chi connectivity index (χ4n) is 2.84. The molecule has 4 rings (SSSR count). The summed E-state index contributed by atoms with van der Waals surface area (Å²) in [6, 6.07) is 7.10. The summed E-state index contributed by atoms with van der Waals surface area (Å²) in [6.07, 6.45) is 0. The highest BCUT2D eigenvalue weighted by Gasteiger charge is 2.21. The number of nitro benzene ring substituents is 1. The van der Waals surface area contributed by atoms with E-state index >= 15 is 0 Å². The molecule has 1 aromatic heterocycles. The van der Waals surface area contributed by atoms with Crippen LogP contribution in [0, 0.1) is 10.1 Å². The van der Waals surface area contributed by atoms with E-state index in [9.17, 15) is 19.7 Å². The number of esters is 1. The maximum absolute atomic E-state index is 12.3. The van der Waals surface area contributed by atoms with Gasteiger partial charge in [-0.2, -0.15) is 0 Å². The van der Waals surface area contributed by atoms with E-state index in [2.05, 4.69) is 15.0 Å². The zero-order chi connectivity index (χ0) is 22.0. The highest BCUT2D eigenvalue weighted by molar-refractivity contribution is 7.22. The summed E-state index contributed by atoms with van der Waals surface area (Å²) in [5.41, 5.74) is 0.178. The molecular weight excluding hydrogens is 430 g/mol. The molecular formula is C19H15N3O8S. The lowest BCUT2D eigenvalue weighted by atomic mass is 10.2. The normalized spacial score (nSPS) is 12.3. The predicted molar refractivity (Wildman–Crippen MR) is 109 cm³/mol. The van der Waals surface area contributed by atoms with Crippen LogP contribution in [-0.4, -0.2) is 48.7 Å². The standard InChI is InChI=1S/C19H15N3O8S/c1-27-18(24)10-2-3-13(12(6-10)22(25)26)30-9-17(23)21-19-20-11-7-14-15(8-16(11)31-19)29-5-4-28-14/h2-3,6-8H,4-5,9H2,1H3,(H,20,21,23). The van der Waals surface area contributed by atoms with Crippen molar-refractivity contribution in [2.45, 2.75) is 0 Å². The van der Waals surface area contributed by atoms with Gasteiger partial charge in [0.25, 0.3) is 5.91 Å². The van der Waals surface area contributed by atoms with Gasteiger partial charge in [0.1, 0.15) is 13.2 Å². The van der Waals surface area contributed by atoms with E-state index in [1.165, 1.54) is 30.6 Å². The zero-order valence-electron chi connectivity index (χ0n) is 16.1. The Morgan fingerprint density at radius 1 is 1.23 bits per heavy atom. The minimum atomic E-state index is -0.722. The topological polar surface area (TPSA) is 139 Å². The summed E-state index contributed by atoms with van der Waals surface area (Å²) in [6.45, 7) is 0.429. The number of fused-ring (bicyclic) bond motifs is 2. The molecule has 0 bridgehead atoms. The first kappa shape index (κ1) is 20.3. The van der Waals surface area contributed by atoms with Crippen molar-refractivity contribution in [2.75, 3.05) is 32.2 Å². The Kier molecular flexibility index (Phi) is 5.54. The number of amides is 1. The van der Waals surface area contributed by atoms with E-state index in [0.29, 0.717) is 35.4 Å². The summed E-state index contributed by atoms with van der Waals surface area (Å²) in [5, 5.41) is 14.2. The van der Waals surface area contributed by atoms with Gasteiger partial charge in [0.2, 0.25) is 0 Å². The highest BCUT2D eigenvalue weighted by Crippen LogP contribution is 2.37. The molecule has 0 spiro atoms. The summed E-state index contributed by atoms with van der Waals surface area (Å²) < 4.78 is 21.7. The van der Waals surface area contributed by atoms with Gasteiger partial charge >= 0.3 is 11.7 Å². The summed E-state index contributed by atoms with van der Waals surface area (Å²) in [4.78, 5) is 38.7. The van der Waals surface area contributed by atoms with Crippen LogP contribution < -0.4 is 19.5 Å². The molecule has 12 heteroatoms. The maximum atomic E-state index is 12.3. The minimum Gasteiger partial charge on any atom is -0.486 e. The van der Waals surface area contributed by atoms with Crippen LogP contribution in [0.15, 0.2) is 30.3 Å². The molecule has 0 unspecified atom stereocenters. The smallest absolute Gasteiger partial charge is 0.338 e. The number of nitrogens with zero attached hydrogens (tertiary/aromatic N) is 2. The number of hydrogen-bond acceptors (Lipinski definition) is 10. The Morgan fingerprint density at radius 3 is 2.68 bits per heavy atom. The van der Waals surface area contributed by atoms with Gasteiger partial charge in [-0.3, -0.25) is 20.2 Å². The van der Waals surface area contributed by atoms with Gasteiger partial charge in [-0.1, -0.05) is 11.3 Å². The third-order valence-corrected chi connectivity index (χ3v) is 5.17. The van der Waals surface area contributed by atoms with Crippen LogP contribution in [0.25, 0.3) is 10.2 Å². The van der Waals surface area contributed by atoms with Crippen molar-refractivity contribution in [1.82, 2.24) is 4.98 Å². The highest BCUT2D eigenvalue weighted by atomic mass is 32.1. The number of aromatic nitrogens is 1. The molecule has 0 atom stereocenters. The average molecular weight is 445 g/mol. The third kappa shape index (κ3) is 4.33. The summed E-state index contributed by atoms with van der Waals surface area (Å²) in [5.74, 6) is -0.221. The van der Waals surface area contributed by atoms with Gasteiger partial charge in [-0.25, -0.2) is 9.78 Å². The number of hydrogen-bond donors (Lipinski definition) is 1. The third-order valence-electron chi connectivity index (χ3n) is 4.23. The maximum Gasteiger partial charge on any atom is 0.338 e. The molecule has 0 saturated carbocycles. The average Bonchev–Trinajstić information content (AvgIpc) is 3.15. The van der Waals surface area contributed by atoms with Crippen molar-refractivity contribution in [2.24, 2.45) is 0 Å². The lowest BCUT2D eigenvalue weighted by Crippen LogP contribution is -2.20. The van der Waals surface area contributed by atoms with Gasteiger partial charge in [0.15, 0.2) is 29.0 Å². The first-order valence-corrected chi connectivity index (χ1v) is 9.76. The minimum absolute atomic E-state index is 0.00358. The molecule has 1 aliphatic heterocycles. The molecule has 2 heterocycles. The number of benzene rings is 2. The molecule has 3 aromatic rings. The van der Waals surface area contributed by atoms with Crippen LogP contribution in [0.5, 0.6) is 17.2 Å². The monoisotopic (exact) mass is 445 g/mol. The molecule has 0 saturated heterocycles. The van der Waals surface area contributed by atoms with E-state index < -0.39 is 29.1 Å². The molecule has 1 aliphatic rings. The molecule has 1 amide bonds. The lowest BCUT2D eigenvalue weighted by Gasteiger charge is -2.17. The number of ether oxygens (including phenoxy) is 4. The number of thiazole rings is 1. The molecule has 2 aromatic carbocycles. The molecule has 160 valence electrons. The Bertz CT molecular complexity index is 1150. The Morgan fingerprint density at radius 2 is 1.97 bits per heavy atom. The summed E-state index contributed by atoms with van der Waals surface area (Å²) in [7, 11) is 1.17. The second kappa shape index (κ2) is 8.44. The van der Waals surface area contributed by atoms with Gasteiger partial charge < -0.3 is 18.9 Å². The van der Waals surface area contributed by atoms with E-state index in [1.54, 1.807) is 12.1 Å². The molecule has 31 heavy (non-hydrogen) atoms. The fourth-order valence-corrected chi connectivity index (χ4v) is 3.74. The van der Waals surface area contributed by atoms with Crippen LogP contribution in [0.2, 0.25) is 0 Å². The second-order valence-corrected chi connectivity index (χ2v) is 7.28. The van der Waals surface area contributed by atoms with Crippen molar-refractivity contribution in [3.63, 3.8) is 0 Å². The van der Waals surface area contributed by atoms with Crippen LogP contribution in [0.3, 0.4) is 0 Å². The number of nitro groups is 1. The van der Waals surface area contributed by atoms with Crippen LogP contribution >= 0.6 is 11.3 Å². The molecule has 11 nitrogen and oxygen atoms in total. The molecule has 0 radical (unpaired) electrons. The first-order valence-electron chi connectivity index (χ1n) is 8.94. The zero-order valence-corrected chi connectivity index (χ0v) is 16.9. The van der Waals surface area contributed by atoms with E-state index in [1.807, 2.05) is 0 Å². The van der Waals surface area contributed by atoms with Crippen molar-refractivity contribution in [3.8, 4) is 17.2 Å². The largest absolute Gasteiger partial charge is 0.486 e. The van der Waals surface area contributed by atoms with E-state index in [-0.39, 0.29) is 11.3 Å². The molecule has 1 N–H and O–H groups in total. The van der Waals surface area contributed by atoms with Gasteiger partial charge in [-0.15, -0.1) is 0 Å². The number of carbonyl (C=O) groups is 2. The van der Waals surface area contributed by atoms with E-state index in [4.69, 9.17) is 14.2 Å². The summed E-state index contributed by atoms with van der Waals surface area (Å²) >= 11 is 1.24. The molecule has 0 aliphatic carbocycles. The van der Waals surface area contributed by atoms with Crippen LogP contribution in [0.1, 0.15) is 10.4 Å². The predicted octanol–water partition coefficient (Wildman–Crippen LogP) is 2.78. The van der Waals surface area contributed by atoms with Gasteiger partial charge in [0, 0.05) is 18.2 Å². The van der Waals surface area contributed by atoms with Gasteiger partial charge in [-0.05, 0) is 12.1 Å².